The molecule has 23 heavy (non-hydrogen) atoms. The Kier molecular flexibility index (Phi) is 5.66. The van der Waals surface area contributed by atoms with Crippen LogP contribution in [-0.2, 0) is 0 Å². The van der Waals surface area contributed by atoms with Crippen LogP contribution in [0.5, 0.6) is 0 Å². The van der Waals surface area contributed by atoms with Gasteiger partial charge in [0.25, 0.3) is 0 Å². The fourth-order valence-electron chi connectivity index (χ4n) is 4.07. The molecule has 2 aliphatic heterocycles. The highest BCUT2D eigenvalue weighted by molar-refractivity contribution is 6.32. The van der Waals surface area contributed by atoms with Gasteiger partial charge in [-0.05, 0) is 81.8 Å². The van der Waals surface area contributed by atoms with Crippen LogP contribution in [0.25, 0.3) is 6.08 Å². The minimum atomic E-state index is 0.811. The smallest absolute Gasteiger partial charge is 0.0498 e. The Labute approximate surface area is 146 Å². The third-order valence-corrected chi connectivity index (χ3v) is 6.02. The number of piperidine rings is 2. The quantitative estimate of drug-likeness (QED) is 0.771. The Hall–Kier alpha value is -0.990. The summed E-state index contributed by atoms with van der Waals surface area (Å²) in [5.74, 6) is 1.88. The summed E-state index contributed by atoms with van der Waals surface area (Å²) in [5, 5.41) is 0.811. The number of anilines is 1. The van der Waals surface area contributed by atoms with E-state index in [0.29, 0.717) is 0 Å². The van der Waals surface area contributed by atoms with E-state index in [4.69, 9.17) is 11.6 Å². The molecule has 2 saturated heterocycles. The van der Waals surface area contributed by atoms with E-state index in [-0.39, 0.29) is 0 Å². The van der Waals surface area contributed by atoms with Gasteiger partial charge in [-0.1, -0.05) is 30.3 Å². The zero-order chi connectivity index (χ0) is 16.2. The third-order valence-electron chi connectivity index (χ3n) is 5.69. The summed E-state index contributed by atoms with van der Waals surface area (Å²) >= 11 is 6.32. The van der Waals surface area contributed by atoms with E-state index in [9.17, 15) is 0 Å². The zero-order valence-electron chi connectivity index (χ0n) is 14.3. The van der Waals surface area contributed by atoms with Gasteiger partial charge in [0.15, 0.2) is 0 Å². The van der Waals surface area contributed by atoms with E-state index in [1.54, 1.807) is 0 Å². The van der Waals surface area contributed by atoms with Crippen molar-refractivity contribution < 1.29 is 0 Å². The summed E-state index contributed by atoms with van der Waals surface area (Å²) in [4.78, 5) is 4.96. The maximum atomic E-state index is 6.32. The molecule has 0 atom stereocenters. The van der Waals surface area contributed by atoms with Crippen molar-refractivity contribution >= 4 is 23.4 Å². The van der Waals surface area contributed by atoms with Crippen LogP contribution in [-0.4, -0.2) is 38.1 Å². The van der Waals surface area contributed by atoms with E-state index in [1.807, 2.05) is 6.08 Å². The van der Waals surface area contributed by atoms with Gasteiger partial charge in [0, 0.05) is 23.8 Å². The first-order valence-electron chi connectivity index (χ1n) is 9.01. The van der Waals surface area contributed by atoms with E-state index in [2.05, 4.69) is 41.6 Å². The molecule has 2 heterocycles. The molecule has 0 bridgehead atoms. The van der Waals surface area contributed by atoms with Gasteiger partial charge in [-0.3, -0.25) is 0 Å². The molecule has 0 spiro atoms. The number of benzene rings is 1. The average Bonchev–Trinajstić information content (AvgIpc) is 2.57. The summed E-state index contributed by atoms with van der Waals surface area (Å²) in [6.45, 7) is 8.72. The van der Waals surface area contributed by atoms with Crippen molar-refractivity contribution in [1.29, 1.82) is 0 Å². The Bertz CT molecular complexity index is 526. The number of halogens is 1. The maximum Gasteiger partial charge on any atom is 0.0498 e. The van der Waals surface area contributed by atoms with Crippen LogP contribution < -0.4 is 4.90 Å². The number of hydrogen-bond acceptors (Lipinski definition) is 2. The monoisotopic (exact) mass is 332 g/mol. The number of likely N-dealkylation sites (tertiary alicyclic amines) is 1. The average molecular weight is 333 g/mol. The molecule has 0 saturated carbocycles. The number of hydrogen-bond donors (Lipinski definition) is 0. The molecule has 0 unspecified atom stereocenters. The summed E-state index contributed by atoms with van der Waals surface area (Å²) in [7, 11) is 2.25. The predicted molar refractivity (Wildman–Crippen MR) is 101 cm³/mol. The molecule has 2 nitrogen and oxygen atoms in total. The Morgan fingerprint density at radius 1 is 1.09 bits per heavy atom. The highest BCUT2D eigenvalue weighted by Gasteiger charge is 2.24. The first kappa shape index (κ1) is 16.9. The first-order valence-corrected chi connectivity index (χ1v) is 9.39. The van der Waals surface area contributed by atoms with Gasteiger partial charge < -0.3 is 9.80 Å². The minimum Gasteiger partial charge on any atom is -0.371 e. The Morgan fingerprint density at radius 2 is 1.70 bits per heavy atom. The fraction of sp³-hybridized carbons (Fsp3) is 0.600. The predicted octanol–water partition coefficient (Wildman–Crippen LogP) is 4.93. The first-order chi connectivity index (χ1) is 11.2. The van der Waals surface area contributed by atoms with Crippen molar-refractivity contribution in [2.45, 2.75) is 32.1 Å². The van der Waals surface area contributed by atoms with Gasteiger partial charge in [-0.15, -0.1) is 0 Å². The maximum absolute atomic E-state index is 6.32. The lowest BCUT2D eigenvalue weighted by Gasteiger charge is -2.37. The summed E-state index contributed by atoms with van der Waals surface area (Å²) in [5.41, 5.74) is 2.28. The molecule has 1 aromatic rings. The summed E-state index contributed by atoms with van der Waals surface area (Å²) in [6, 6.07) is 6.35. The molecule has 0 amide bonds. The lowest BCUT2D eigenvalue weighted by Crippen LogP contribution is -2.36. The Balaban J connectivity index is 1.50. The zero-order valence-corrected chi connectivity index (χ0v) is 15.1. The second-order valence-corrected chi connectivity index (χ2v) is 7.73. The van der Waals surface area contributed by atoms with Gasteiger partial charge in [0.1, 0.15) is 0 Å². The van der Waals surface area contributed by atoms with Crippen molar-refractivity contribution in [2.24, 2.45) is 11.8 Å². The molecular weight excluding hydrogens is 304 g/mol. The molecule has 3 rings (SSSR count). The lowest BCUT2D eigenvalue weighted by molar-refractivity contribution is 0.187. The van der Waals surface area contributed by atoms with Crippen LogP contribution in [0.3, 0.4) is 0 Å². The van der Waals surface area contributed by atoms with E-state index in [1.165, 1.54) is 64.0 Å². The topological polar surface area (TPSA) is 6.48 Å². The molecule has 0 N–H and O–H groups in total. The van der Waals surface area contributed by atoms with Crippen molar-refractivity contribution in [3.8, 4) is 0 Å². The second-order valence-electron chi connectivity index (χ2n) is 7.32. The van der Waals surface area contributed by atoms with E-state index >= 15 is 0 Å². The fourth-order valence-corrected chi connectivity index (χ4v) is 4.33. The minimum absolute atomic E-state index is 0.811. The van der Waals surface area contributed by atoms with Crippen LogP contribution in [0.2, 0.25) is 5.02 Å². The molecular formula is C20H29ClN2. The van der Waals surface area contributed by atoms with Crippen molar-refractivity contribution in [3.63, 3.8) is 0 Å². The molecule has 2 aliphatic rings. The van der Waals surface area contributed by atoms with E-state index < -0.39 is 0 Å². The van der Waals surface area contributed by atoms with Gasteiger partial charge in [-0.25, -0.2) is 0 Å². The Morgan fingerprint density at radius 3 is 2.26 bits per heavy atom. The highest BCUT2D eigenvalue weighted by Crippen LogP contribution is 2.32. The van der Waals surface area contributed by atoms with Gasteiger partial charge >= 0.3 is 0 Å². The van der Waals surface area contributed by atoms with Crippen LogP contribution >= 0.6 is 11.6 Å². The molecule has 0 aromatic heterocycles. The standard InChI is InChI=1S/C20H29ClN2/c1-3-18-4-5-19(15-20(18)21)23-12-8-17(9-13-23)14-16-6-10-22(2)11-7-16/h3-5,15-17H,1,6-14H2,2H3. The van der Waals surface area contributed by atoms with Gasteiger partial charge in [0.2, 0.25) is 0 Å². The van der Waals surface area contributed by atoms with E-state index in [0.717, 1.165) is 22.4 Å². The van der Waals surface area contributed by atoms with Crippen LogP contribution in [0.4, 0.5) is 5.69 Å². The largest absolute Gasteiger partial charge is 0.371 e. The SMILES string of the molecule is C=Cc1ccc(N2CCC(CC3CCN(C)CC3)CC2)cc1Cl. The molecule has 0 radical (unpaired) electrons. The van der Waals surface area contributed by atoms with Crippen LogP contribution in [0.1, 0.15) is 37.7 Å². The van der Waals surface area contributed by atoms with Crippen molar-refractivity contribution in [3.05, 3.63) is 35.4 Å². The third kappa shape index (κ3) is 4.30. The lowest BCUT2D eigenvalue weighted by atomic mass is 9.83. The molecule has 3 heteroatoms. The molecule has 2 fully saturated rings. The molecule has 0 aliphatic carbocycles. The molecule has 1 aromatic carbocycles. The normalized spacial score (nSPS) is 21.6. The van der Waals surface area contributed by atoms with Crippen LogP contribution in [0.15, 0.2) is 24.8 Å². The van der Waals surface area contributed by atoms with Crippen molar-refractivity contribution in [2.75, 3.05) is 38.1 Å². The van der Waals surface area contributed by atoms with Crippen LogP contribution in [0, 0.1) is 11.8 Å². The molecule has 126 valence electrons. The second kappa shape index (κ2) is 7.72. The van der Waals surface area contributed by atoms with Gasteiger partial charge in [0.05, 0.1) is 0 Å². The number of rotatable bonds is 4. The van der Waals surface area contributed by atoms with Crippen molar-refractivity contribution in [1.82, 2.24) is 4.90 Å². The number of nitrogens with zero attached hydrogens (tertiary/aromatic N) is 2. The van der Waals surface area contributed by atoms with Gasteiger partial charge in [-0.2, -0.15) is 0 Å². The summed E-state index contributed by atoms with van der Waals surface area (Å²) < 4.78 is 0. The highest BCUT2D eigenvalue weighted by atomic mass is 35.5. The summed E-state index contributed by atoms with van der Waals surface area (Å²) in [6.07, 6.45) is 8.71.